The Bertz CT molecular complexity index is 1060. The third-order valence-corrected chi connectivity index (χ3v) is 3.66. The average Bonchev–Trinajstić information content (AvgIpc) is 2.68. The van der Waals surface area contributed by atoms with Gasteiger partial charge in [0.25, 0.3) is 5.91 Å². The van der Waals surface area contributed by atoms with Crippen LogP contribution in [0.15, 0.2) is 67.0 Å². The molecule has 2 aromatic carbocycles. The van der Waals surface area contributed by atoms with E-state index >= 15 is 0 Å². The van der Waals surface area contributed by atoms with E-state index in [1.54, 1.807) is 42.5 Å². The predicted molar refractivity (Wildman–Crippen MR) is 98.1 cm³/mol. The number of nitrogens with one attached hydrogen (secondary N) is 1. The summed E-state index contributed by atoms with van der Waals surface area (Å²) in [7, 11) is 0. The van der Waals surface area contributed by atoms with Crippen LogP contribution in [0.1, 0.15) is 21.5 Å². The van der Waals surface area contributed by atoms with Crippen LogP contribution >= 0.6 is 0 Å². The van der Waals surface area contributed by atoms with E-state index in [1.807, 2.05) is 0 Å². The van der Waals surface area contributed by atoms with Gasteiger partial charge < -0.3 is 10.1 Å². The van der Waals surface area contributed by atoms with Crippen molar-refractivity contribution < 1.29 is 22.7 Å². The van der Waals surface area contributed by atoms with Gasteiger partial charge in [0.2, 0.25) is 0 Å². The maximum Gasteiger partial charge on any atom is 0.418 e. The number of hydrogen-bond acceptors (Lipinski definition) is 3. The van der Waals surface area contributed by atoms with E-state index in [0.717, 1.165) is 6.07 Å². The highest BCUT2D eigenvalue weighted by molar-refractivity contribution is 6.04. The van der Waals surface area contributed by atoms with Gasteiger partial charge in [-0.05, 0) is 36.4 Å². The van der Waals surface area contributed by atoms with E-state index in [4.69, 9.17) is 11.2 Å². The molecule has 0 aliphatic heterocycles. The quantitative estimate of drug-likeness (QED) is 0.637. The second kappa shape index (κ2) is 7.84. The van der Waals surface area contributed by atoms with Crippen molar-refractivity contribution in [1.29, 1.82) is 0 Å². The second-order valence-corrected chi connectivity index (χ2v) is 5.72. The Morgan fingerprint density at radius 3 is 2.57 bits per heavy atom. The van der Waals surface area contributed by atoms with Gasteiger partial charge in [0, 0.05) is 29.1 Å². The monoisotopic (exact) mass is 382 g/mol. The second-order valence-electron chi connectivity index (χ2n) is 5.72. The Hall–Kier alpha value is -3.79. The molecule has 0 saturated heterocycles. The summed E-state index contributed by atoms with van der Waals surface area (Å²) >= 11 is 0. The Morgan fingerprint density at radius 2 is 1.82 bits per heavy atom. The number of carbonyl (C=O) groups excluding carboxylic acids is 1. The summed E-state index contributed by atoms with van der Waals surface area (Å²) in [6.07, 6.45) is 2.70. The lowest BCUT2D eigenvalue weighted by Crippen LogP contribution is -2.11. The summed E-state index contributed by atoms with van der Waals surface area (Å²) in [5.41, 5.74) is 0.446. The van der Waals surface area contributed by atoms with E-state index in [9.17, 15) is 18.0 Å². The third-order valence-electron chi connectivity index (χ3n) is 3.66. The smallest absolute Gasteiger partial charge is 0.418 e. The largest absolute Gasteiger partial charge is 0.456 e. The number of nitrogens with zero attached hydrogens (tertiary/aromatic N) is 1. The van der Waals surface area contributed by atoms with Crippen molar-refractivity contribution in [3.8, 4) is 23.8 Å². The summed E-state index contributed by atoms with van der Waals surface area (Å²) in [4.78, 5) is 15.9. The molecule has 3 rings (SSSR count). The molecule has 0 aliphatic carbocycles. The Morgan fingerprint density at radius 1 is 1.04 bits per heavy atom. The summed E-state index contributed by atoms with van der Waals surface area (Å²) < 4.78 is 43.8. The predicted octanol–water partition coefficient (Wildman–Crippen LogP) is 5.13. The summed E-state index contributed by atoms with van der Waals surface area (Å²) in [5.74, 6) is 2.25. The highest BCUT2D eigenvalue weighted by Gasteiger charge is 2.31. The zero-order chi connectivity index (χ0) is 20.1. The molecule has 0 radical (unpaired) electrons. The zero-order valence-corrected chi connectivity index (χ0v) is 14.3. The Labute approximate surface area is 159 Å². The molecule has 140 valence electrons. The van der Waals surface area contributed by atoms with E-state index in [0.29, 0.717) is 23.0 Å². The minimum Gasteiger partial charge on any atom is -0.456 e. The minimum absolute atomic E-state index is 0.0694. The van der Waals surface area contributed by atoms with Crippen LogP contribution in [0.25, 0.3) is 0 Å². The fraction of sp³-hybridized carbons (Fsp3) is 0.0476. The number of alkyl halides is 3. The van der Waals surface area contributed by atoms with Gasteiger partial charge in [0.05, 0.1) is 11.8 Å². The zero-order valence-electron chi connectivity index (χ0n) is 14.3. The van der Waals surface area contributed by atoms with Crippen molar-refractivity contribution in [1.82, 2.24) is 4.98 Å². The van der Waals surface area contributed by atoms with E-state index in [-0.39, 0.29) is 17.4 Å². The van der Waals surface area contributed by atoms with Crippen molar-refractivity contribution in [2.75, 3.05) is 5.32 Å². The molecule has 1 aromatic heterocycles. The topological polar surface area (TPSA) is 51.2 Å². The van der Waals surface area contributed by atoms with Gasteiger partial charge in [0.15, 0.2) is 0 Å². The molecule has 0 bridgehead atoms. The number of halogens is 3. The van der Waals surface area contributed by atoms with Crippen LogP contribution in [0.5, 0.6) is 11.5 Å². The molecule has 0 fully saturated rings. The number of benzene rings is 2. The maximum atomic E-state index is 12.8. The molecule has 1 N–H and O–H groups in total. The number of carbonyl (C=O) groups is 1. The lowest BCUT2D eigenvalue weighted by Gasteiger charge is -2.11. The first-order chi connectivity index (χ1) is 13.3. The van der Waals surface area contributed by atoms with Crippen LogP contribution in [-0.2, 0) is 6.18 Å². The number of anilines is 1. The molecule has 1 amide bonds. The Balaban J connectivity index is 1.76. The molecule has 1 heterocycles. The molecule has 0 aliphatic rings. The van der Waals surface area contributed by atoms with Gasteiger partial charge in [-0.3, -0.25) is 9.78 Å². The first kappa shape index (κ1) is 19.0. The number of hydrogen-bond donors (Lipinski definition) is 1. The summed E-state index contributed by atoms with van der Waals surface area (Å²) in [6.45, 7) is 0. The van der Waals surface area contributed by atoms with Gasteiger partial charge in [-0.1, -0.05) is 18.1 Å². The van der Waals surface area contributed by atoms with Gasteiger partial charge in [-0.2, -0.15) is 13.2 Å². The van der Waals surface area contributed by atoms with Crippen molar-refractivity contribution in [3.63, 3.8) is 0 Å². The van der Waals surface area contributed by atoms with Crippen LogP contribution in [0.3, 0.4) is 0 Å². The van der Waals surface area contributed by atoms with Crippen molar-refractivity contribution >= 4 is 11.6 Å². The molecule has 3 aromatic rings. The fourth-order valence-electron chi connectivity index (χ4n) is 2.36. The number of aromatic nitrogens is 1. The number of rotatable bonds is 4. The lowest BCUT2D eigenvalue weighted by atomic mass is 10.1. The van der Waals surface area contributed by atoms with Crippen LogP contribution in [-0.4, -0.2) is 10.9 Å². The van der Waals surface area contributed by atoms with E-state index in [1.165, 1.54) is 12.3 Å². The van der Waals surface area contributed by atoms with Crippen LogP contribution in [0.4, 0.5) is 18.9 Å². The first-order valence-corrected chi connectivity index (χ1v) is 8.03. The SMILES string of the molecule is C#Cc1cccc(C(=O)Nc2cccc(Oc3cncc(C(F)(F)F)c3)c2)c1. The maximum absolute atomic E-state index is 12.8. The molecule has 4 nitrogen and oxygen atoms in total. The molecule has 0 atom stereocenters. The van der Waals surface area contributed by atoms with E-state index in [2.05, 4.69) is 16.2 Å². The summed E-state index contributed by atoms with van der Waals surface area (Å²) in [6, 6.07) is 13.7. The first-order valence-electron chi connectivity index (χ1n) is 8.03. The molecule has 0 unspecified atom stereocenters. The van der Waals surface area contributed by atoms with Gasteiger partial charge in [-0.25, -0.2) is 0 Å². The molecule has 7 heteroatoms. The highest BCUT2D eigenvalue weighted by Crippen LogP contribution is 2.32. The molecule has 0 saturated carbocycles. The summed E-state index contributed by atoms with van der Waals surface area (Å²) in [5, 5.41) is 2.69. The molecular weight excluding hydrogens is 369 g/mol. The number of terminal acetylenes is 1. The van der Waals surface area contributed by atoms with Crippen molar-refractivity contribution in [3.05, 3.63) is 83.7 Å². The highest BCUT2D eigenvalue weighted by atomic mass is 19.4. The average molecular weight is 382 g/mol. The normalized spacial score (nSPS) is 10.8. The van der Waals surface area contributed by atoms with E-state index < -0.39 is 11.7 Å². The minimum atomic E-state index is -4.52. The number of ether oxygens (including phenoxy) is 1. The lowest BCUT2D eigenvalue weighted by molar-refractivity contribution is -0.137. The molecule has 0 spiro atoms. The van der Waals surface area contributed by atoms with Crippen molar-refractivity contribution in [2.45, 2.75) is 6.18 Å². The van der Waals surface area contributed by atoms with Gasteiger partial charge in [0.1, 0.15) is 11.5 Å². The van der Waals surface area contributed by atoms with Gasteiger partial charge in [-0.15, -0.1) is 6.42 Å². The standard InChI is InChI=1S/C21H13F3N2O2/c1-2-14-5-3-6-15(9-14)20(27)26-17-7-4-8-18(11-17)28-19-10-16(12-25-13-19)21(22,23)24/h1,3-13H,(H,26,27). The molecular formula is C21H13F3N2O2. The number of pyridine rings is 1. The fourth-order valence-corrected chi connectivity index (χ4v) is 2.36. The molecule has 28 heavy (non-hydrogen) atoms. The van der Waals surface area contributed by atoms with Crippen molar-refractivity contribution in [2.24, 2.45) is 0 Å². The van der Waals surface area contributed by atoms with Crippen LogP contribution in [0.2, 0.25) is 0 Å². The number of amides is 1. The van der Waals surface area contributed by atoms with Crippen LogP contribution < -0.4 is 10.1 Å². The van der Waals surface area contributed by atoms with Gasteiger partial charge >= 0.3 is 6.18 Å². The third kappa shape index (κ3) is 4.68. The van der Waals surface area contributed by atoms with Crippen LogP contribution in [0, 0.1) is 12.3 Å². The Kier molecular flexibility index (Phi) is 5.32.